The lowest BCUT2D eigenvalue weighted by Gasteiger charge is -2.29. The number of anilines is 1. The van der Waals surface area contributed by atoms with Gasteiger partial charge in [0.2, 0.25) is 0 Å². The normalized spacial score (nSPS) is 35.7. The van der Waals surface area contributed by atoms with Gasteiger partial charge < -0.3 is 25.1 Å². The number of fused-ring (bicyclic) bond motifs is 2. The average molecular weight is 320 g/mol. The first kappa shape index (κ1) is 14.8. The predicted octanol–water partition coefficient (Wildman–Crippen LogP) is 0.654. The third kappa shape index (κ3) is 1.99. The van der Waals surface area contributed by atoms with Gasteiger partial charge in [-0.15, -0.1) is 0 Å². The molecule has 0 amide bonds. The molecule has 0 aromatic carbocycles. The number of rotatable bonds is 2. The topological polar surface area (TPSA) is 104 Å². The highest BCUT2D eigenvalue weighted by Gasteiger charge is 2.64. The van der Waals surface area contributed by atoms with Gasteiger partial charge >= 0.3 is 0 Å². The summed E-state index contributed by atoms with van der Waals surface area (Å²) in [6.07, 6.45) is 0.136. The molecule has 4 rings (SSSR count). The number of aromatic nitrogens is 3. The molecule has 8 heteroatoms. The molecule has 2 aliphatic rings. The summed E-state index contributed by atoms with van der Waals surface area (Å²) in [5.74, 6) is -0.343. The molecule has 2 aromatic heterocycles. The van der Waals surface area contributed by atoms with E-state index in [9.17, 15) is 5.11 Å². The third-order valence-corrected chi connectivity index (χ3v) is 4.57. The Morgan fingerprint density at radius 3 is 2.87 bits per heavy atom. The predicted molar refractivity (Wildman–Crippen MR) is 80.5 cm³/mol. The summed E-state index contributed by atoms with van der Waals surface area (Å²) < 4.78 is 19.9. The number of nitrogens with two attached hydrogens (primary N) is 1. The van der Waals surface area contributed by atoms with Crippen molar-refractivity contribution >= 4 is 11.3 Å². The van der Waals surface area contributed by atoms with E-state index >= 15 is 0 Å². The summed E-state index contributed by atoms with van der Waals surface area (Å²) >= 11 is 0. The molecule has 8 nitrogen and oxygen atoms in total. The van der Waals surface area contributed by atoms with Crippen molar-refractivity contribution < 1.29 is 19.3 Å². The van der Waals surface area contributed by atoms with Crippen LogP contribution in [0.25, 0.3) is 5.52 Å². The van der Waals surface area contributed by atoms with Gasteiger partial charge in [0.1, 0.15) is 35.8 Å². The fraction of sp³-hybridized carbons (Fsp3) is 0.600. The van der Waals surface area contributed by atoms with Crippen LogP contribution >= 0.6 is 0 Å². The van der Waals surface area contributed by atoms with Crippen molar-refractivity contribution in [1.29, 1.82) is 0 Å². The van der Waals surface area contributed by atoms with Gasteiger partial charge in [-0.25, -0.2) is 9.50 Å². The van der Waals surface area contributed by atoms with Gasteiger partial charge in [0.05, 0.1) is 12.3 Å². The van der Waals surface area contributed by atoms with Crippen molar-refractivity contribution in [2.45, 2.75) is 50.5 Å². The average Bonchev–Trinajstić information content (AvgIpc) is 3.07. The van der Waals surface area contributed by atoms with Crippen molar-refractivity contribution in [3.05, 3.63) is 24.2 Å². The summed E-state index contributed by atoms with van der Waals surface area (Å²) in [7, 11) is 0. The lowest BCUT2D eigenvalue weighted by atomic mass is 9.91. The molecule has 124 valence electrons. The van der Waals surface area contributed by atoms with Crippen molar-refractivity contribution in [3.63, 3.8) is 0 Å². The van der Waals surface area contributed by atoms with Gasteiger partial charge in [0.25, 0.3) is 0 Å². The number of aliphatic hydroxyl groups excluding tert-OH is 1. The van der Waals surface area contributed by atoms with Crippen LogP contribution in [-0.2, 0) is 14.2 Å². The van der Waals surface area contributed by atoms with E-state index in [0.717, 1.165) is 5.69 Å². The van der Waals surface area contributed by atoms with Crippen LogP contribution in [0, 0.1) is 0 Å². The number of nitrogen functional groups attached to an aromatic ring is 1. The zero-order valence-corrected chi connectivity index (χ0v) is 13.3. The first-order chi connectivity index (χ1) is 10.9. The largest absolute Gasteiger partial charge is 0.394 e. The van der Waals surface area contributed by atoms with E-state index < -0.39 is 23.6 Å². The molecule has 2 fully saturated rings. The summed E-state index contributed by atoms with van der Waals surface area (Å²) in [6.45, 7) is 5.52. The van der Waals surface area contributed by atoms with Crippen LogP contribution in [0.2, 0.25) is 0 Å². The standard InChI is InChI=1S/C15H20N4O4/c1-14(2)22-12-10(6-20)21-11(15(12,3)23-14)8-4-5-9-13(16)17-7-18-19(8)9/h4-5,7,10-12,20H,6H2,1-3H3,(H2,16,17,18)/t10?,11-,12+,15-/m0/s1. The molecule has 0 radical (unpaired) electrons. The quantitative estimate of drug-likeness (QED) is 0.837. The Balaban J connectivity index is 1.83. The Kier molecular flexibility index (Phi) is 2.99. The van der Waals surface area contributed by atoms with Crippen LogP contribution in [0.1, 0.15) is 32.6 Å². The van der Waals surface area contributed by atoms with Crippen molar-refractivity contribution in [3.8, 4) is 0 Å². The maximum absolute atomic E-state index is 9.66. The number of ether oxygens (including phenoxy) is 3. The second kappa shape index (κ2) is 4.64. The van der Waals surface area contributed by atoms with Crippen LogP contribution in [0.3, 0.4) is 0 Å². The van der Waals surface area contributed by atoms with Gasteiger partial charge in [0.15, 0.2) is 11.6 Å². The van der Waals surface area contributed by atoms with E-state index in [1.807, 2.05) is 32.9 Å². The Labute approximate surface area is 133 Å². The minimum Gasteiger partial charge on any atom is -0.394 e. The molecular formula is C15H20N4O4. The molecule has 1 unspecified atom stereocenters. The molecule has 0 spiro atoms. The molecule has 2 aromatic rings. The fourth-order valence-electron chi connectivity index (χ4n) is 3.74. The molecule has 0 aliphatic carbocycles. The van der Waals surface area contributed by atoms with E-state index in [1.54, 1.807) is 4.52 Å². The maximum Gasteiger partial charge on any atom is 0.164 e. The summed E-state index contributed by atoms with van der Waals surface area (Å²) in [6, 6.07) is 3.74. The molecule has 3 N–H and O–H groups in total. The lowest BCUT2D eigenvalue weighted by molar-refractivity contribution is -0.207. The fourth-order valence-corrected chi connectivity index (χ4v) is 3.74. The molecule has 4 atom stereocenters. The molecule has 0 bridgehead atoms. The van der Waals surface area contributed by atoms with E-state index in [2.05, 4.69) is 10.1 Å². The number of hydrogen-bond acceptors (Lipinski definition) is 7. The van der Waals surface area contributed by atoms with E-state index in [1.165, 1.54) is 6.33 Å². The van der Waals surface area contributed by atoms with Crippen LogP contribution in [-0.4, -0.2) is 49.9 Å². The molecule has 23 heavy (non-hydrogen) atoms. The first-order valence-corrected chi connectivity index (χ1v) is 7.58. The van der Waals surface area contributed by atoms with Gasteiger partial charge in [-0.2, -0.15) is 5.10 Å². The van der Waals surface area contributed by atoms with Crippen molar-refractivity contribution in [2.75, 3.05) is 12.3 Å². The van der Waals surface area contributed by atoms with Crippen molar-refractivity contribution in [1.82, 2.24) is 14.6 Å². The zero-order chi connectivity index (χ0) is 16.4. The molecule has 2 aliphatic heterocycles. The van der Waals surface area contributed by atoms with Gasteiger partial charge in [-0.1, -0.05) is 0 Å². The smallest absolute Gasteiger partial charge is 0.164 e. The monoisotopic (exact) mass is 320 g/mol. The third-order valence-electron chi connectivity index (χ3n) is 4.57. The van der Waals surface area contributed by atoms with Crippen LogP contribution in [0.5, 0.6) is 0 Å². The second-order valence-corrected chi connectivity index (χ2v) is 6.66. The summed E-state index contributed by atoms with van der Waals surface area (Å²) in [4.78, 5) is 3.99. The number of aliphatic hydroxyl groups is 1. The lowest BCUT2D eigenvalue weighted by Crippen LogP contribution is -2.40. The van der Waals surface area contributed by atoms with E-state index in [-0.39, 0.29) is 12.7 Å². The Morgan fingerprint density at radius 2 is 2.13 bits per heavy atom. The Bertz CT molecular complexity index is 761. The van der Waals surface area contributed by atoms with Crippen LogP contribution in [0.15, 0.2) is 18.5 Å². The Hall–Kier alpha value is -1.74. The Morgan fingerprint density at radius 1 is 1.35 bits per heavy atom. The maximum atomic E-state index is 9.66. The van der Waals surface area contributed by atoms with Crippen molar-refractivity contribution in [2.24, 2.45) is 0 Å². The van der Waals surface area contributed by atoms with Crippen LogP contribution < -0.4 is 5.73 Å². The summed E-state index contributed by atoms with van der Waals surface area (Å²) in [5, 5.41) is 13.9. The van der Waals surface area contributed by atoms with E-state index in [4.69, 9.17) is 19.9 Å². The highest BCUT2D eigenvalue weighted by Crippen LogP contribution is 2.52. The molecular weight excluding hydrogens is 300 g/mol. The second-order valence-electron chi connectivity index (χ2n) is 6.66. The van der Waals surface area contributed by atoms with Gasteiger partial charge in [-0.05, 0) is 32.9 Å². The zero-order valence-electron chi connectivity index (χ0n) is 13.3. The molecule has 2 saturated heterocycles. The highest BCUT2D eigenvalue weighted by atomic mass is 16.8. The summed E-state index contributed by atoms with van der Waals surface area (Å²) in [5.41, 5.74) is 6.66. The molecule has 0 saturated carbocycles. The van der Waals surface area contributed by atoms with E-state index in [0.29, 0.717) is 11.3 Å². The van der Waals surface area contributed by atoms with Gasteiger partial charge in [-0.3, -0.25) is 0 Å². The van der Waals surface area contributed by atoms with Gasteiger partial charge in [0, 0.05) is 0 Å². The first-order valence-electron chi connectivity index (χ1n) is 7.58. The van der Waals surface area contributed by atoms with Crippen LogP contribution in [0.4, 0.5) is 5.82 Å². The highest BCUT2D eigenvalue weighted by molar-refractivity contribution is 5.65. The minimum atomic E-state index is -0.740. The SMILES string of the molecule is CC1(C)O[C@@H]2C(CO)O[C@@H](c3ccc4c(N)ncnn34)[C@]2(C)O1. The number of hydrogen-bond donors (Lipinski definition) is 2. The number of nitrogens with zero attached hydrogens (tertiary/aromatic N) is 3. The minimum absolute atomic E-state index is 0.142. The molecule has 4 heterocycles.